The Hall–Kier alpha value is -2.63. The van der Waals surface area contributed by atoms with Crippen molar-refractivity contribution < 1.29 is 38.0 Å². The smallest absolute Gasteiger partial charge is 0.311 e. The Labute approximate surface area is 358 Å². The van der Waals surface area contributed by atoms with E-state index >= 15 is 0 Å². The van der Waals surface area contributed by atoms with Gasteiger partial charge in [0.1, 0.15) is 11.2 Å². The number of halogens is 3. The zero-order valence-electron chi connectivity index (χ0n) is 33.9. The second-order valence-electron chi connectivity index (χ2n) is 16.4. The van der Waals surface area contributed by atoms with Crippen molar-refractivity contribution in [3.05, 3.63) is 45.4 Å². The van der Waals surface area contributed by atoms with Gasteiger partial charge < -0.3 is 28.4 Å². The van der Waals surface area contributed by atoms with Crippen molar-refractivity contribution in [2.75, 3.05) is 45.6 Å². The molecule has 3 atom stereocenters. The van der Waals surface area contributed by atoms with E-state index in [4.69, 9.17) is 63.2 Å². The maximum atomic E-state index is 12.9. The minimum Gasteiger partial charge on any atom is -0.460 e. The predicted octanol–water partition coefficient (Wildman–Crippen LogP) is 10.8. The summed E-state index contributed by atoms with van der Waals surface area (Å²) >= 11 is 18.9. The summed E-state index contributed by atoms with van der Waals surface area (Å²) in [6, 6.07) is 7.51. The highest BCUT2D eigenvalue weighted by Gasteiger charge is 2.39. The Morgan fingerprint density at radius 2 is 1.37 bits per heavy atom. The molecule has 3 aliphatic heterocycles. The van der Waals surface area contributed by atoms with Crippen LogP contribution in [0.15, 0.2) is 24.3 Å². The number of piperidine rings is 1. The SMILES string of the molecule is C.C.CCCN(CCCCl)[C@@H](CC(=O)OC(C)(C)C)Cc1cc2c(cc1Cl)OCO2.CCCN1CCC[C@@H](C(=O)OC(C)(C)C)[C@H]1Cc1cc2c(cc1Cl)OCO2. The standard InChI is InChI=1S/C21H31Cl2NO4.C21H30ClNO4.2CH4/c1-5-8-24(9-6-7-22)16(12-20(25)28-21(2,3)4)10-15-11-18-19(13-17(15)23)27-14-26-18;1-5-8-23-9-6-7-15(20(24)27-21(2,3)4)17(23)10-14-11-18-19(12-16(14)22)26-13-25-18;;/h11,13,16H,5-10,12,14H2,1-4H3;11-12,15,17H,5-10,13H2,1-4H3;2*1H4/t16-;15-,17-;;/m11../s1. The van der Waals surface area contributed by atoms with Gasteiger partial charge in [0.05, 0.1) is 12.3 Å². The number of hydrogen-bond acceptors (Lipinski definition) is 10. The molecule has 0 amide bonds. The number of esters is 2. The molecular formula is C44H69Cl3N2O8. The molecule has 5 rings (SSSR count). The van der Waals surface area contributed by atoms with Crippen LogP contribution in [0.1, 0.15) is 120 Å². The number of fused-ring (bicyclic) bond motifs is 2. The highest BCUT2D eigenvalue weighted by Crippen LogP contribution is 2.40. The molecule has 0 unspecified atom stereocenters. The molecule has 0 N–H and O–H groups in total. The van der Waals surface area contributed by atoms with E-state index in [0.717, 1.165) is 75.2 Å². The Morgan fingerprint density at radius 1 is 0.825 bits per heavy atom. The lowest BCUT2D eigenvalue weighted by Crippen LogP contribution is -2.50. The average molecular weight is 860 g/mol. The van der Waals surface area contributed by atoms with Crippen LogP contribution < -0.4 is 18.9 Å². The minimum atomic E-state index is -0.510. The number of likely N-dealkylation sites (tertiary alicyclic amines) is 1. The number of rotatable bonds is 15. The first-order valence-electron chi connectivity index (χ1n) is 19.7. The van der Waals surface area contributed by atoms with Gasteiger partial charge in [-0.05, 0) is 136 Å². The van der Waals surface area contributed by atoms with Crippen molar-refractivity contribution in [3.8, 4) is 23.0 Å². The van der Waals surface area contributed by atoms with Gasteiger partial charge in [-0.1, -0.05) is 51.9 Å². The van der Waals surface area contributed by atoms with Crippen molar-refractivity contribution in [1.29, 1.82) is 0 Å². The highest BCUT2D eigenvalue weighted by molar-refractivity contribution is 6.32. The van der Waals surface area contributed by atoms with Gasteiger partial charge in [0.15, 0.2) is 23.0 Å². The van der Waals surface area contributed by atoms with E-state index in [1.165, 1.54) is 0 Å². The summed E-state index contributed by atoms with van der Waals surface area (Å²) in [5, 5.41) is 1.27. The molecule has 0 aliphatic carbocycles. The molecular weight excluding hydrogens is 791 g/mol. The van der Waals surface area contributed by atoms with Gasteiger partial charge in [-0.2, -0.15) is 0 Å². The number of hydrogen-bond donors (Lipinski definition) is 0. The number of alkyl halides is 1. The van der Waals surface area contributed by atoms with Gasteiger partial charge in [-0.15, -0.1) is 11.6 Å². The van der Waals surface area contributed by atoms with Crippen LogP contribution in [0.2, 0.25) is 10.0 Å². The van der Waals surface area contributed by atoms with Gasteiger partial charge >= 0.3 is 11.9 Å². The van der Waals surface area contributed by atoms with Crippen molar-refractivity contribution >= 4 is 46.7 Å². The lowest BCUT2D eigenvalue weighted by molar-refractivity contribution is -0.164. The van der Waals surface area contributed by atoms with Gasteiger partial charge in [0.25, 0.3) is 0 Å². The number of benzene rings is 2. The zero-order chi connectivity index (χ0) is 40.3. The van der Waals surface area contributed by atoms with E-state index in [2.05, 4.69) is 23.6 Å². The zero-order valence-corrected chi connectivity index (χ0v) is 36.2. The van der Waals surface area contributed by atoms with Gasteiger partial charge in [-0.3, -0.25) is 19.4 Å². The summed E-state index contributed by atoms with van der Waals surface area (Å²) < 4.78 is 33.1. The van der Waals surface area contributed by atoms with E-state index in [9.17, 15) is 9.59 Å². The highest BCUT2D eigenvalue weighted by atomic mass is 35.5. The molecule has 13 heteroatoms. The Balaban J connectivity index is 0.000000380. The van der Waals surface area contributed by atoms with Gasteiger partial charge in [0, 0.05) is 40.1 Å². The second kappa shape index (κ2) is 23.2. The predicted molar refractivity (Wildman–Crippen MR) is 232 cm³/mol. The molecule has 1 saturated heterocycles. The summed E-state index contributed by atoms with van der Waals surface area (Å²) in [5.74, 6) is 2.88. The van der Waals surface area contributed by atoms with E-state index in [1.54, 1.807) is 6.07 Å². The van der Waals surface area contributed by atoms with Crippen molar-refractivity contribution in [1.82, 2.24) is 9.80 Å². The summed E-state index contributed by atoms with van der Waals surface area (Å²) in [7, 11) is 0. The van der Waals surface area contributed by atoms with Crippen LogP contribution in [-0.4, -0.2) is 90.7 Å². The van der Waals surface area contributed by atoms with Gasteiger partial charge in [0.2, 0.25) is 13.6 Å². The number of carbonyl (C=O) groups excluding carboxylic acids is 2. The van der Waals surface area contributed by atoms with E-state index < -0.39 is 11.2 Å². The molecule has 1 fully saturated rings. The maximum Gasteiger partial charge on any atom is 0.311 e. The summed E-state index contributed by atoms with van der Waals surface area (Å²) in [6.45, 7) is 19.8. The summed E-state index contributed by atoms with van der Waals surface area (Å²) in [6.07, 6.45) is 6.37. The maximum absolute atomic E-state index is 12.9. The summed E-state index contributed by atoms with van der Waals surface area (Å²) in [5.41, 5.74) is 0.934. The molecule has 57 heavy (non-hydrogen) atoms. The lowest BCUT2D eigenvalue weighted by Gasteiger charge is -2.41. The number of nitrogens with zero attached hydrogens (tertiary/aromatic N) is 2. The number of ether oxygens (including phenoxy) is 6. The second-order valence-corrected chi connectivity index (χ2v) is 17.6. The molecule has 0 radical (unpaired) electrons. The van der Waals surface area contributed by atoms with Crippen molar-refractivity contribution in [3.63, 3.8) is 0 Å². The first-order chi connectivity index (χ1) is 26.0. The molecule has 0 spiro atoms. The van der Waals surface area contributed by atoms with Crippen LogP contribution in [-0.2, 0) is 31.9 Å². The average Bonchev–Trinajstić information content (AvgIpc) is 3.74. The first-order valence-corrected chi connectivity index (χ1v) is 21.0. The van der Waals surface area contributed by atoms with E-state index in [1.807, 2.05) is 59.7 Å². The van der Waals surface area contributed by atoms with Crippen LogP contribution in [0.3, 0.4) is 0 Å². The van der Waals surface area contributed by atoms with Crippen LogP contribution in [0.25, 0.3) is 0 Å². The van der Waals surface area contributed by atoms with Crippen molar-refractivity contribution in [2.24, 2.45) is 5.92 Å². The largest absolute Gasteiger partial charge is 0.460 e. The normalized spacial score (nSPS) is 17.8. The quantitative estimate of drug-likeness (QED) is 0.127. The van der Waals surface area contributed by atoms with E-state index in [-0.39, 0.29) is 58.4 Å². The topological polar surface area (TPSA) is 96.0 Å². The molecule has 3 aliphatic rings. The third-order valence-electron chi connectivity index (χ3n) is 9.51. The molecule has 2 aromatic carbocycles. The molecule has 0 saturated carbocycles. The lowest BCUT2D eigenvalue weighted by atomic mass is 9.84. The number of carbonyl (C=O) groups is 2. The third kappa shape index (κ3) is 15.5. The van der Waals surface area contributed by atoms with E-state index in [0.29, 0.717) is 52.4 Å². The fourth-order valence-electron chi connectivity index (χ4n) is 7.26. The Kier molecular flexibility index (Phi) is 20.6. The monoisotopic (exact) mass is 858 g/mol. The van der Waals surface area contributed by atoms with Crippen LogP contribution in [0.5, 0.6) is 23.0 Å². The van der Waals surface area contributed by atoms with Gasteiger partial charge in [-0.25, -0.2) is 0 Å². The minimum absolute atomic E-state index is 0. The molecule has 324 valence electrons. The first kappa shape index (κ1) is 50.5. The molecule has 3 heterocycles. The molecule has 0 aromatic heterocycles. The third-order valence-corrected chi connectivity index (χ3v) is 10.5. The fraction of sp³-hybridized carbons (Fsp3) is 0.682. The molecule has 0 bridgehead atoms. The van der Waals surface area contributed by atoms with Crippen molar-refractivity contribution in [2.45, 2.75) is 145 Å². The molecule has 10 nitrogen and oxygen atoms in total. The Bertz CT molecular complexity index is 1580. The van der Waals surface area contributed by atoms with Crippen LogP contribution >= 0.6 is 34.8 Å². The fourth-order valence-corrected chi connectivity index (χ4v) is 7.84. The Morgan fingerprint density at radius 3 is 1.89 bits per heavy atom. The summed E-state index contributed by atoms with van der Waals surface area (Å²) in [4.78, 5) is 30.2. The van der Waals surface area contributed by atoms with Crippen LogP contribution in [0.4, 0.5) is 0 Å². The molecule has 2 aromatic rings. The van der Waals surface area contributed by atoms with Crippen LogP contribution in [0, 0.1) is 5.92 Å².